The van der Waals surface area contributed by atoms with Crippen molar-refractivity contribution in [2.75, 3.05) is 0 Å². The van der Waals surface area contributed by atoms with E-state index in [0.717, 1.165) is 10.0 Å². The summed E-state index contributed by atoms with van der Waals surface area (Å²) in [4.78, 5) is 0. The fraction of sp³-hybridized carbons (Fsp3) is 0.0667. The first-order valence-electron chi connectivity index (χ1n) is 6.15. The number of rotatable bonds is 3. The fourth-order valence-corrected chi connectivity index (χ4v) is 2.34. The van der Waals surface area contributed by atoms with Gasteiger partial charge >= 0.3 is 0 Å². The first kappa shape index (κ1) is 12.9. The Morgan fingerprint density at radius 3 is 2.70 bits per heavy atom. The summed E-state index contributed by atoms with van der Waals surface area (Å²) < 4.78 is 2.65. The molecule has 1 aromatic heterocycles. The Balaban J connectivity index is 1.88. The van der Waals surface area contributed by atoms with Gasteiger partial charge < -0.3 is 5.11 Å². The van der Waals surface area contributed by atoms with Gasteiger partial charge in [0.05, 0.1) is 12.7 Å². The molecule has 0 atom stereocenters. The number of hydrogen-bond donors (Lipinski definition) is 1. The normalized spacial score (nSPS) is 10.7. The Kier molecular flexibility index (Phi) is 3.52. The van der Waals surface area contributed by atoms with E-state index in [0.29, 0.717) is 17.8 Å². The smallest absolute Gasteiger partial charge is 0.125 e. The molecule has 100 valence electrons. The van der Waals surface area contributed by atoms with Crippen LogP contribution >= 0.6 is 15.9 Å². The highest BCUT2D eigenvalue weighted by Crippen LogP contribution is 2.30. The SMILES string of the molecule is Oc1ccc(Br)cc1-c1cn(Cc2ccccc2)nn1. The van der Waals surface area contributed by atoms with Crippen LogP contribution in [-0.2, 0) is 6.54 Å². The van der Waals surface area contributed by atoms with Gasteiger partial charge in [0, 0.05) is 10.0 Å². The van der Waals surface area contributed by atoms with Crippen molar-refractivity contribution >= 4 is 15.9 Å². The number of aromatic hydroxyl groups is 1. The predicted octanol–water partition coefficient (Wildman–Crippen LogP) is 3.46. The van der Waals surface area contributed by atoms with Gasteiger partial charge in [0.2, 0.25) is 0 Å². The van der Waals surface area contributed by atoms with Crippen LogP contribution in [0.5, 0.6) is 5.75 Å². The molecule has 3 aromatic rings. The van der Waals surface area contributed by atoms with Crippen molar-refractivity contribution in [3.05, 3.63) is 64.8 Å². The van der Waals surface area contributed by atoms with Crippen LogP contribution in [0.15, 0.2) is 59.2 Å². The topological polar surface area (TPSA) is 50.9 Å². The van der Waals surface area contributed by atoms with Crippen LogP contribution in [0.3, 0.4) is 0 Å². The number of aromatic nitrogens is 3. The van der Waals surface area contributed by atoms with Crippen molar-refractivity contribution in [2.24, 2.45) is 0 Å². The number of benzene rings is 2. The highest BCUT2D eigenvalue weighted by Gasteiger charge is 2.09. The van der Waals surface area contributed by atoms with Crippen molar-refractivity contribution < 1.29 is 5.11 Å². The maximum Gasteiger partial charge on any atom is 0.125 e. The minimum absolute atomic E-state index is 0.194. The molecule has 1 heterocycles. The second kappa shape index (κ2) is 5.46. The average molecular weight is 330 g/mol. The third-order valence-electron chi connectivity index (χ3n) is 2.96. The van der Waals surface area contributed by atoms with Crippen LogP contribution < -0.4 is 0 Å². The standard InChI is InChI=1S/C15H12BrN3O/c16-12-6-7-15(20)13(8-12)14-10-19(18-17-14)9-11-4-2-1-3-5-11/h1-8,10,20H,9H2. The van der Waals surface area contributed by atoms with Gasteiger partial charge in [0.25, 0.3) is 0 Å². The summed E-state index contributed by atoms with van der Waals surface area (Å²) in [5.74, 6) is 0.194. The predicted molar refractivity (Wildman–Crippen MR) is 80.4 cm³/mol. The fourth-order valence-electron chi connectivity index (χ4n) is 1.98. The molecule has 0 spiro atoms. The van der Waals surface area contributed by atoms with E-state index in [4.69, 9.17) is 0 Å². The van der Waals surface area contributed by atoms with Crippen LogP contribution in [0.2, 0.25) is 0 Å². The summed E-state index contributed by atoms with van der Waals surface area (Å²) in [6, 6.07) is 15.3. The molecule has 0 radical (unpaired) electrons. The van der Waals surface area contributed by atoms with E-state index in [-0.39, 0.29) is 5.75 Å². The Bertz CT molecular complexity index is 725. The number of nitrogens with zero attached hydrogens (tertiary/aromatic N) is 3. The molecule has 3 rings (SSSR count). The molecule has 1 N–H and O–H groups in total. The van der Waals surface area contributed by atoms with Crippen LogP contribution in [-0.4, -0.2) is 20.1 Å². The second-order valence-electron chi connectivity index (χ2n) is 4.45. The zero-order chi connectivity index (χ0) is 13.9. The van der Waals surface area contributed by atoms with Crippen molar-refractivity contribution in [1.82, 2.24) is 15.0 Å². The molecular weight excluding hydrogens is 318 g/mol. The minimum atomic E-state index is 0.194. The van der Waals surface area contributed by atoms with Gasteiger partial charge in [0.15, 0.2) is 0 Å². The molecule has 0 aliphatic carbocycles. The quantitative estimate of drug-likeness (QED) is 0.800. The van der Waals surface area contributed by atoms with Crippen LogP contribution in [0.25, 0.3) is 11.3 Å². The summed E-state index contributed by atoms with van der Waals surface area (Å²) in [7, 11) is 0. The van der Waals surface area contributed by atoms with Gasteiger partial charge in [-0.25, -0.2) is 4.68 Å². The largest absolute Gasteiger partial charge is 0.507 e. The second-order valence-corrected chi connectivity index (χ2v) is 5.36. The third kappa shape index (κ3) is 2.72. The first-order chi connectivity index (χ1) is 9.72. The lowest BCUT2D eigenvalue weighted by Gasteiger charge is -2.01. The van der Waals surface area contributed by atoms with Crippen molar-refractivity contribution in [1.29, 1.82) is 0 Å². The molecule has 2 aromatic carbocycles. The van der Waals surface area contributed by atoms with Crippen LogP contribution in [0.4, 0.5) is 0 Å². The average Bonchev–Trinajstić information content (AvgIpc) is 2.91. The van der Waals surface area contributed by atoms with E-state index < -0.39 is 0 Å². The third-order valence-corrected chi connectivity index (χ3v) is 3.45. The lowest BCUT2D eigenvalue weighted by atomic mass is 10.1. The van der Waals surface area contributed by atoms with E-state index in [1.54, 1.807) is 16.8 Å². The summed E-state index contributed by atoms with van der Waals surface area (Å²) in [5, 5.41) is 18.1. The first-order valence-corrected chi connectivity index (χ1v) is 6.94. The van der Waals surface area contributed by atoms with E-state index in [2.05, 4.69) is 26.2 Å². The van der Waals surface area contributed by atoms with Gasteiger partial charge in [-0.05, 0) is 23.8 Å². The molecule has 20 heavy (non-hydrogen) atoms. The molecule has 0 unspecified atom stereocenters. The maximum atomic E-state index is 9.89. The molecule has 0 bridgehead atoms. The molecule has 0 aliphatic heterocycles. The lowest BCUT2D eigenvalue weighted by Crippen LogP contribution is -1.99. The van der Waals surface area contributed by atoms with E-state index in [1.807, 2.05) is 42.6 Å². The van der Waals surface area contributed by atoms with Crippen LogP contribution in [0, 0.1) is 0 Å². The minimum Gasteiger partial charge on any atom is -0.507 e. The molecule has 0 aliphatic rings. The zero-order valence-electron chi connectivity index (χ0n) is 10.6. The highest BCUT2D eigenvalue weighted by molar-refractivity contribution is 9.10. The van der Waals surface area contributed by atoms with E-state index in [1.165, 1.54) is 0 Å². The van der Waals surface area contributed by atoms with Gasteiger partial charge in [0.1, 0.15) is 11.4 Å². The molecular formula is C15H12BrN3O. The van der Waals surface area contributed by atoms with Gasteiger partial charge in [-0.2, -0.15) is 0 Å². The number of phenolic OH excluding ortho intramolecular Hbond substituents is 1. The van der Waals surface area contributed by atoms with Crippen molar-refractivity contribution in [2.45, 2.75) is 6.54 Å². The van der Waals surface area contributed by atoms with Crippen molar-refractivity contribution in [3.8, 4) is 17.0 Å². The van der Waals surface area contributed by atoms with Gasteiger partial charge in [-0.3, -0.25) is 0 Å². The van der Waals surface area contributed by atoms with Crippen molar-refractivity contribution in [3.63, 3.8) is 0 Å². The summed E-state index contributed by atoms with van der Waals surface area (Å²) in [6.45, 7) is 0.655. The van der Waals surface area contributed by atoms with Crippen LogP contribution in [0.1, 0.15) is 5.56 Å². The number of phenols is 1. The number of halogens is 1. The van der Waals surface area contributed by atoms with E-state index >= 15 is 0 Å². The Labute approximate surface area is 124 Å². The van der Waals surface area contributed by atoms with Gasteiger partial charge in [-0.15, -0.1) is 5.10 Å². The molecule has 4 nitrogen and oxygen atoms in total. The molecule has 0 amide bonds. The summed E-state index contributed by atoms with van der Waals surface area (Å²) in [6.07, 6.45) is 1.83. The molecule has 0 saturated carbocycles. The zero-order valence-corrected chi connectivity index (χ0v) is 12.2. The molecule has 0 saturated heterocycles. The van der Waals surface area contributed by atoms with E-state index in [9.17, 15) is 5.11 Å². The Morgan fingerprint density at radius 1 is 1.10 bits per heavy atom. The number of hydrogen-bond acceptors (Lipinski definition) is 3. The molecule has 5 heteroatoms. The van der Waals surface area contributed by atoms with Gasteiger partial charge in [-0.1, -0.05) is 51.5 Å². The Hall–Kier alpha value is -2.14. The molecule has 0 fully saturated rings. The summed E-state index contributed by atoms with van der Waals surface area (Å²) >= 11 is 3.39. The monoisotopic (exact) mass is 329 g/mol. The summed E-state index contributed by atoms with van der Waals surface area (Å²) in [5.41, 5.74) is 2.47. The maximum absolute atomic E-state index is 9.89. The lowest BCUT2D eigenvalue weighted by molar-refractivity contribution is 0.477. The highest BCUT2D eigenvalue weighted by atomic mass is 79.9. The Morgan fingerprint density at radius 2 is 1.90 bits per heavy atom.